The van der Waals surface area contributed by atoms with Gasteiger partial charge in [-0.1, -0.05) is 53.0 Å². The van der Waals surface area contributed by atoms with E-state index in [1.807, 2.05) is 12.1 Å². The molecule has 1 nitrogen and oxygen atoms in total. The van der Waals surface area contributed by atoms with Crippen LogP contribution in [0.5, 0.6) is 0 Å². The van der Waals surface area contributed by atoms with Crippen molar-refractivity contribution < 1.29 is 5.11 Å². The molecule has 0 aliphatic heterocycles. The third-order valence-corrected chi connectivity index (χ3v) is 4.82. The molecule has 0 fully saturated rings. The second kappa shape index (κ2) is 6.47. The van der Waals surface area contributed by atoms with Crippen LogP contribution in [-0.4, -0.2) is 5.11 Å². The summed E-state index contributed by atoms with van der Waals surface area (Å²) in [4.78, 5) is 0. The van der Waals surface area contributed by atoms with Gasteiger partial charge in [0.1, 0.15) is 0 Å². The van der Waals surface area contributed by atoms with Crippen molar-refractivity contribution in [3.8, 4) is 0 Å². The Balaban J connectivity index is 2.31. The van der Waals surface area contributed by atoms with Crippen molar-refractivity contribution >= 4 is 50.7 Å². The maximum atomic E-state index is 10.3. The second-order valence-corrected chi connectivity index (χ2v) is 6.11. The molecule has 100 valence electrons. The Morgan fingerprint density at radius 1 is 1.00 bits per heavy atom. The van der Waals surface area contributed by atoms with Crippen molar-refractivity contribution in [3.05, 3.63) is 67.1 Å². The third kappa shape index (κ3) is 3.45. The average molecular weight is 380 g/mol. The molecule has 1 unspecified atom stereocenters. The predicted molar refractivity (Wildman–Crippen MR) is 84.3 cm³/mol. The van der Waals surface area contributed by atoms with Gasteiger partial charge in [0.25, 0.3) is 0 Å². The summed E-state index contributed by atoms with van der Waals surface area (Å²) in [6.45, 7) is 0. The molecule has 19 heavy (non-hydrogen) atoms. The van der Waals surface area contributed by atoms with Crippen LogP contribution >= 0.6 is 50.7 Å². The van der Waals surface area contributed by atoms with Gasteiger partial charge in [-0.2, -0.15) is 0 Å². The number of aliphatic hydroxyl groups excluding tert-OH is 1. The van der Waals surface area contributed by atoms with Gasteiger partial charge in [0.15, 0.2) is 0 Å². The first-order chi connectivity index (χ1) is 9.00. The van der Waals surface area contributed by atoms with Gasteiger partial charge < -0.3 is 5.11 Å². The Kier molecular flexibility index (Phi) is 5.15. The normalized spacial score (nSPS) is 12.5. The summed E-state index contributed by atoms with van der Waals surface area (Å²) in [7, 11) is 0. The lowest BCUT2D eigenvalue weighted by Crippen LogP contribution is -2.04. The van der Waals surface area contributed by atoms with E-state index >= 15 is 0 Å². The van der Waals surface area contributed by atoms with Crippen LogP contribution in [0.2, 0.25) is 15.1 Å². The van der Waals surface area contributed by atoms with Gasteiger partial charge in [-0.15, -0.1) is 0 Å². The SMILES string of the molecule is OC(Cc1c(Cl)cccc1Cl)c1cccc(Br)c1Cl. The van der Waals surface area contributed by atoms with Gasteiger partial charge in [-0.25, -0.2) is 0 Å². The monoisotopic (exact) mass is 378 g/mol. The van der Waals surface area contributed by atoms with Gasteiger partial charge >= 0.3 is 0 Å². The van der Waals surface area contributed by atoms with Crippen molar-refractivity contribution in [2.75, 3.05) is 0 Å². The lowest BCUT2D eigenvalue weighted by Gasteiger charge is -2.15. The quantitative estimate of drug-likeness (QED) is 0.726. The zero-order chi connectivity index (χ0) is 14.0. The minimum absolute atomic E-state index is 0.314. The summed E-state index contributed by atoms with van der Waals surface area (Å²) >= 11 is 21.7. The van der Waals surface area contributed by atoms with Gasteiger partial charge in [-0.05, 0) is 39.7 Å². The van der Waals surface area contributed by atoms with Crippen LogP contribution in [0.1, 0.15) is 17.2 Å². The molecule has 0 amide bonds. The molecule has 0 heterocycles. The molecule has 2 aromatic rings. The number of hydrogen-bond donors (Lipinski definition) is 1. The molecular weight excluding hydrogens is 370 g/mol. The Morgan fingerprint density at radius 2 is 1.58 bits per heavy atom. The summed E-state index contributed by atoms with van der Waals surface area (Å²) < 4.78 is 0.746. The van der Waals surface area contributed by atoms with Crippen LogP contribution < -0.4 is 0 Å². The molecule has 0 aromatic heterocycles. The van der Waals surface area contributed by atoms with Gasteiger partial charge in [0, 0.05) is 26.5 Å². The summed E-state index contributed by atoms with van der Waals surface area (Å²) in [5.41, 5.74) is 1.36. The predicted octanol–water partition coefficient (Wildman–Crippen LogP) is 5.69. The Bertz CT molecular complexity index is 581. The van der Waals surface area contributed by atoms with E-state index in [0.717, 1.165) is 10.0 Å². The molecule has 2 rings (SSSR count). The third-order valence-electron chi connectivity index (χ3n) is 2.80. The highest BCUT2D eigenvalue weighted by Crippen LogP contribution is 2.34. The van der Waals surface area contributed by atoms with Crippen molar-refractivity contribution in [1.82, 2.24) is 0 Å². The fourth-order valence-electron chi connectivity index (χ4n) is 1.81. The lowest BCUT2D eigenvalue weighted by atomic mass is 10.0. The zero-order valence-corrected chi connectivity index (χ0v) is 13.6. The van der Waals surface area contributed by atoms with E-state index in [1.54, 1.807) is 24.3 Å². The standard InChI is InChI=1S/C14H10BrCl3O/c15-10-4-1-3-8(14(10)18)13(19)7-9-11(16)5-2-6-12(9)17/h1-6,13,19H,7H2. The van der Waals surface area contributed by atoms with E-state index in [-0.39, 0.29) is 0 Å². The van der Waals surface area contributed by atoms with E-state index in [9.17, 15) is 5.11 Å². The smallest absolute Gasteiger partial charge is 0.0846 e. The van der Waals surface area contributed by atoms with Crippen molar-refractivity contribution in [1.29, 1.82) is 0 Å². The number of hydrogen-bond acceptors (Lipinski definition) is 1. The van der Waals surface area contributed by atoms with Crippen LogP contribution in [0, 0.1) is 0 Å². The van der Waals surface area contributed by atoms with Crippen molar-refractivity contribution in [2.24, 2.45) is 0 Å². The summed E-state index contributed by atoms with van der Waals surface area (Å²) in [6.07, 6.45) is -0.447. The molecule has 1 N–H and O–H groups in total. The summed E-state index contributed by atoms with van der Waals surface area (Å²) in [6, 6.07) is 10.7. The van der Waals surface area contributed by atoms with Gasteiger partial charge in [0.05, 0.1) is 11.1 Å². The molecular formula is C14H10BrCl3O. The molecule has 2 aromatic carbocycles. The zero-order valence-electron chi connectivity index (χ0n) is 9.71. The molecule has 1 atom stereocenters. The topological polar surface area (TPSA) is 20.2 Å². The van der Waals surface area contributed by atoms with Crippen LogP contribution in [-0.2, 0) is 6.42 Å². The van der Waals surface area contributed by atoms with Gasteiger partial charge in [-0.3, -0.25) is 0 Å². The van der Waals surface area contributed by atoms with E-state index in [0.29, 0.717) is 27.1 Å². The molecule has 0 aliphatic rings. The first-order valence-electron chi connectivity index (χ1n) is 5.55. The van der Waals surface area contributed by atoms with E-state index in [1.165, 1.54) is 0 Å². The Morgan fingerprint density at radius 3 is 2.21 bits per heavy atom. The van der Waals surface area contributed by atoms with E-state index in [4.69, 9.17) is 34.8 Å². The molecule has 0 bridgehead atoms. The minimum Gasteiger partial charge on any atom is -0.388 e. The Labute approximate surface area is 135 Å². The molecule has 0 saturated carbocycles. The second-order valence-electron chi connectivity index (χ2n) is 4.06. The number of rotatable bonds is 3. The van der Waals surface area contributed by atoms with Crippen molar-refractivity contribution in [3.63, 3.8) is 0 Å². The molecule has 0 radical (unpaired) electrons. The maximum absolute atomic E-state index is 10.3. The number of benzene rings is 2. The lowest BCUT2D eigenvalue weighted by molar-refractivity contribution is 0.178. The molecule has 0 aliphatic carbocycles. The highest BCUT2D eigenvalue weighted by molar-refractivity contribution is 9.10. The molecule has 0 saturated heterocycles. The fourth-order valence-corrected chi connectivity index (χ4v) is 2.99. The van der Waals surface area contributed by atoms with Crippen LogP contribution in [0.15, 0.2) is 40.9 Å². The van der Waals surface area contributed by atoms with Crippen LogP contribution in [0.3, 0.4) is 0 Å². The van der Waals surface area contributed by atoms with Crippen molar-refractivity contribution in [2.45, 2.75) is 12.5 Å². The summed E-state index contributed by atoms with van der Waals surface area (Å²) in [5.74, 6) is 0. The van der Waals surface area contributed by atoms with E-state index in [2.05, 4.69) is 15.9 Å². The Hall–Kier alpha value is -0.250. The number of halogens is 4. The first-order valence-corrected chi connectivity index (χ1v) is 7.48. The van der Waals surface area contributed by atoms with E-state index < -0.39 is 6.10 Å². The number of aliphatic hydroxyl groups is 1. The average Bonchev–Trinajstić information content (AvgIpc) is 2.37. The highest BCUT2D eigenvalue weighted by Gasteiger charge is 2.17. The summed E-state index contributed by atoms with van der Waals surface area (Å²) in [5, 5.41) is 11.9. The largest absolute Gasteiger partial charge is 0.388 e. The first kappa shape index (κ1) is 15.1. The maximum Gasteiger partial charge on any atom is 0.0846 e. The minimum atomic E-state index is -0.762. The van der Waals surface area contributed by atoms with Gasteiger partial charge in [0.2, 0.25) is 0 Å². The molecule has 5 heteroatoms. The fraction of sp³-hybridized carbons (Fsp3) is 0.143. The van der Waals surface area contributed by atoms with Crippen LogP contribution in [0.25, 0.3) is 0 Å². The highest BCUT2D eigenvalue weighted by atomic mass is 79.9. The van der Waals surface area contributed by atoms with Crippen LogP contribution in [0.4, 0.5) is 0 Å². The molecule has 0 spiro atoms.